The summed E-state index contributed by atoms with van der Waals surface area (Å²) in [6.45, 7) is 3.56. The molecule has 0 aliphatic carbocycles. The average molecular weight is 485 g/mol. The Hall–Kier alpha value is -3.52. The van der Waals surface area contributed by atoms with Crippen molar-refractivity contribution in [1.82, 2.24) is 10.1 Å². The van der Waals surface area contributed by atoms with Gasteiger partial charge in [0.2, 0.25) is 0 Å². The Morgan fingerprint density at radius 2 is 1.88 bits per heavy atom. The molecule has 2 atom stereocenters. The predicted octanol–water partition coefficient (Wildman–Crippen LogP) is 5.06. The lowest BCUT2D eigenvalue weighted by Crippen LogP contribution is -2.42. The first-order chi connectivity index (χ1) is 16.3. The minimum Gasteiger partial charge on any atom is -0.497 e. The van der Waals surface area contributed by atoms with Crippen LogP contribution in [0.1, 0.15) is 46.3 Å². The summed E-state index contributed by atoms with van der Waals surface area (Å²) < 4.78 is 16.5. The van der Waals surface area contributed by atoms with E-state index in [0.29, 0.717) is 51.8 Å². The molecule has 1 N–H and O–H groups in total. The van der Waals surface area contributed by atoms with Gasteiger partial charge in [-0.15, -0.1) is 0 Å². The van der Waals surface area contributed by atoms with Gasteiger partial charge in [0, 0.05) is 10.6 Å². The maximum absolute atomic E-state index is 14.0. The van der Waals surface area contributed by atoms with E-state index in [-0.39, 0.29) is 11.3 Å². The van der Waals surface area contributed by atoms with Crippen molar-refractivity contribution < 1.29 is 28.7 Å². The number of carboxylic acid groups (broad SMARTS) is 1. The number of nitrogens with zero attached hydrogens (tertiary/aromatic N) is 2. The third kappa shape index (κ3) is 3.98. The molecule has 0 unspecified atom stereocenters. The molecular formula is C25H25ClN2O6. The molecule has 2 aromatic carbocycles. The molecule has 4 rings (SSSR count). The zero-order chi connectivity index (χ0) is 24.6. The molecule has 1 aliphatic heterocycles. The molecule has 1 fully saturated rings. The van der Waals surface area contributed by atoms with Crippen LogP contribution in [0.15, 0.2) is 40.9 Å². The fourth-order valence-electron chi connectivity index (χ4n) is 4.68. The molecule has 1 aliphatic rings. The number of amides is 1. The summed E-state index contributed by atoms with van der Waals surface area (Å²) in [6.07, 6.45) is 0.773. The van der Waals surface area contributed by atoms with E-state index in [1.807, 2.05) is 12.1 Å². The van der Waals surface area contributed by atoms with Crippen LogP contribution in [0.25, 0.3) is 11.1 Å². The van der Waals surface area contributed by atoms with Gasteiger partial charge >= 0.3 is 5.97 Å². The number of carbonyl (C=O) groups excluding carboxylic acids is 1. The predicted molar refractivity (Wildman–Crippen MR) is 126 cm³/mol. The van der Waals surface area contributed by atoms with Gasteiger partial charge < -0.3 is 24.0 Å². The van der Waals surface area contributed by atoms with Crippen LogP contribution in [0.3, 0.4) is 0 Å². The topological polar surface area (TPSA) is 102 Å². The molecular weight excluding hydrogens is 460 g/mol. The number of carbonyl (C=O) groups is 2. The largest absolute Gasteiger partial charge is 0.497 e. The molecule has 3 aromatic rings. The van der Waals surface area contributed by atoms with Crippen LogP contribution >= 0.6 is 11.6 Å². The van der Waals surface area contributed by atoms with E-state index in [9.17, 15) is 14.7 Å². The monoisotopic (exact) mass is 484 g/mol. The van der Waals surface area contributed by atoms with Gasteiger partial charge in [0.25, 0.3) is 5.91 Å². The average Bonchev–Trinajstić information content (AvgIpc) is 3.41. The van der Waals surface area contributed by atoms with Crippen molar-refractivity contribution in [2.45, 2.75) is 38.8 Å². The molecule has 0 spiro atoms. The number of carboxylic acids is 1. The van der Waals surface area contributed by atoms with Crippen molar-refractivity contribution in [1.29, 1.82) is 0 Å². The summed E-state index contributed by atoms with van der Waals surface area (Å²) in [5, 5.41) is 14.4. The Bertz CT molecular complexity index is 1230. The van der Waals surface area contributed by atoms with Gasteiger partial charge in [-0.1, -0.05) is 35.0 Å². The molecule has 9 heteroatoms. The standard InChI is InChI=1S/C25H25ClN2O6/c1-13-22(14(2)34-27-13)17-11-15(32-3)12-18(23(17)33-4)24(29)28-20(9-10-21(28)25(30)31)16-7-5-6-8-19(16)26/h5-8,11-12,20-21H,9-10H2,1-4H3,(H,30,31)/t20-,21+/m1/s1. The number of halogens is 1. The van der Waals surface area contributed by atoms with Crippen molar-refractivity contribution in [2.75, 3.05) is 14.2 Å². The Labute approximate surface area is 202 Å². The van der Waals surface area contributed by atoms with Crippen LogP contribution in [0.5, 0.6) is 11.5 Å². The summed E-state index contributed by atoms with van der Waals surface area (Å²) >= 11 is 6.43. The highest BCUT2D eigenvalue weighted by Gasteiger charge is 2.43. The first kappa shape index (κ1) is 23.6. The smallest absolute Gasteiger partial charge is 0.326 e. The van der Waals surface area contributed by atoms with Gasteiger partial charge in [0.1, 0.15) is 23.3 Å². The number of aromatic nitrogens is 1. The molecule has 1 aromatic heterocycles. The van der Waals surface area contributed by atoms with E-state index in [4.69, 9.17) is 25.6 Å². The van der Waals surface area contributed by atoms with Crippen molar-refractivity contribution in [3.63, 3.8) is 0 Å². The maximum atomic E-state index is 14.0. The first-order valence-corrected chi connectivity index (χ1v) is 11.1. The molecule has 1 saturated heterocycles. The minimum atomic E-state index is -1.07. The van der Waals surface area contributed by atoms with Gasteiger partial charge in [-0.25, -0.2) is 4.79 Å². The van der Waals surface area contributed by atoms with E-state index < -0.39 is 24.0 Å². The third-order valence-electron chi connectivity index (χ3n) is 6.20. The Morgan fingerprint density at radius 1 is 1.15 bits per heavy atom. The number of rotatable bonds is 6. The normalized spacial score (nSPS) is 17.6. The number of aliphatic carboxylic acids is 1. The first-order valence-electron chi connectivity index (χ1n) is 10.8. The van der Waals surface area contributed by atoms with Crippen molar-refractivity contribution >= 4 is 23.5 Å². The second-order valence-corrected chi connectivity index (χ2v) is 8.54. The van der Waals surface area contributed by atoms with E-state index in [0.717, 1.165) is 0 Å². The van der Waals surface area contributed by atoms with Crippen molar-refractivity contribution in [3.8, 4) is 22.6 Å². The van der Waals surface area contributed by atoms with Crippen LogP contribution in [0.2, 0.25) is 5.02 Å². The van der Waals surface area contributed by atoms with Crippen LogP contribution in [-0.2, 0) is 4.79 Å². The zero-order valence-electron chi connectivity index (χ0n) is 19.3. The van der Waals surface area contributed by atoms with Gasteiger partial charge in [0.05, 0.1) is 37.1 Å². The van der Waals surface area contributed by atoms with Crippen LogP contribution in [0.4, 0.5) is 0 Å². The summed E-state index contributed by atoms with van der Waals surface area (Å²) in [5.41, 5.74) is 2.77. The summed E-state index contributed by atoms with van der Waals surface area (Å²) in [7, 11) is 2.96. The number of aryl methyl sites for hydroxylation is 2. The molecule has 0 bridgehead atoms. The van der Waals surface area contributed by atoms with Crippen molar-refractivity contribution in [3.05, 3.63) is 64.0 Å². The lowest BCUT2D eigenvalue weighted by atomic mass is 9.97. The fraction of sp³-hybridized carbons (Fsp3) is 0.320. The number of ether oxygens (including phenoxy) is 2. The highest BCUT2D eigenvalue weighted by Crippen LogP contribution is 2.44. The molecule has 0 radical (unpaired) electrons. The lowest BCUT2D eigenvalue weighted by molar-refractivity contribution is -0.141. The minimum absolute atomic E-state index is 0.182. The second-order valence-electron chi connectivity index (χ2n) is 8.14. The number of hydrogen-bond acceptors (Lipinski definition) is 6. The van der Waals surface area contributed by atoms with E-state index in [1.54, 1.807) is 38.1 Å². The zero-order valence-corrected chi connectivity index (χ0v) is 20.0. The Morgan fingerprint density at radius 3 is 2.47 bits per heavy atom. The summed E-state index contributed by atoms with van der Waals surface area (Å²) in [5.74, 6) is -0.302. The van der Waals surface area contributed by atoms with Crippen LogP contribution < -0.4 is 9.47 Å². The van der Waals surface area contributed by atoms with Gasteiger partial charge in [0.15, 0.2) is 0 Å². The SMILES string of the molecule is COc1cc(C(=O)N2[C@@H](c3ccccc3Cl)CC[C@H]2C(=O)O)c(OC)c(-c2c(C)noc2C)c1. The number of methoxy groups -OCH3 is 2. The lowest BCUT2D eigenvalue weighted by Gasteiger charge is -2.30. The number of hydrogen-bond donors (Lipinski definition) is 1. The highest BCUT2D eigenvalue weighted by molar-refractivity contribution is 6.31. The quantitative estimate of drug-likeness (QED) is 0.521. The molecule has 34 heavy (non-hydrogen) atoms. The highest BCUT2D eigenvalue weighted by atomic mass is 35.5. The van der Waals surface area contributed by atoms with Gasteiger partial charge in [-0.2, -0.15) is 0 Å². The van der Waals surface area contributed by atoms with Crippen LogP contribution in [-0.4, -0.2) is 47.3 Å². The van der Waals surface area contributed by atoms with E-state index >= 15 is 0 Å². The number of likely N-dealkylation sites (tertiary alicyclic amines) is 1. The molecule has 2 heterocycles. The third-order valence-corrected chi connectivity index (χ3v) is 6.55. The Kier molecular flexibility index (Phi) is 6.52. The second kappa shape index (κ2) is 9.38. The number of benzene rings is 2. The molecule has 178 valence electrons. The summed E-state index contributed by atoms with van der Waals surface area (Å²) in [6, 6.07) is 8.96. The molecule has 1 amide bonds. The van der Waals surface area contributed by atoms with Crippen molar-refractivity contribution in [2.24, 2.45) is 0 Å². The fourth-order valence-corrected chi connectivity index (χ4v) is 4.94. The van der Waals surface area contributed by atoms with Crippen LogP contribution in [0, 0.1) is 13.8 Å². The maximum Gasteiger partial charge on any atom is 0.326 e. The molecule has 0 saturated carbocycles. The van der Waals surface area contributed by atoms with E-state index in [2.05, 4.69) is 5.16 Å². The van der Waals surface area contributed by atoms with Gasteiger partial charge in [-0.05, 0) is 50.5 Å². The van der Waals surface area contributed by atoms with Gasteiger partial charge in [-0.3, -0.25) is 4.79 Å². The summed E-state index contributed by atoms with van der Waals surface area (Å²) in [4.78, 5) is 27.6. The Balaban J connectivity index is 1.90. The van der Waals surface area contributed by atoms with E-state index in [1.165, 1.54) is 19.1 Å². The molecule has 8 nitrogen and oxygen atoms in total.